The summed E-state index contributed by atoms with van der Waals surface area (Å²) in [5.74, 6) is -0.187. The van der Waals surface area contributed by atoms with E-state index < -0.39 is 16.7 Å². The van der Waals surface area contributed by atoms with Crippen molar-refractivity contribution in [1.82, 2.24) is 4.90 Å². The highest BCUT2D eigenvalue weighted by Gasteiger charge is 2.87. The third-order valence-corrected chi connectivity index (χ3v) is 6.03. The molecule has 1 saturated carbocycles. The molecule has 8 heteroatoms. The number of rotatable bonds is 1. The molecule has 2 fully saturated rings. The molecular formula is C20H13ClN6O. The summed E-state index contributed by atoms with van der Waals surface area (Å²) in [6.07, 6.45) is 0. The van der Waals surface area contributed by atoms with Crippen molar-refractivity contribution < 1.29 is 4.74 Å². The van der Waals surface area contributed by atoms with E-state index in [1.807, 2.05) is 17.0 Å². The molecule has 2 heterocycles. The molecule has 0 spiro atoms. The average molecular weight is 389 g/mol. The molecule has 1 aliphatic carbocycles. The molecule has 1 aromatic carbocycles. The van der Waals surface area contributed by atoms with Gasteiger partial charge in [-0.15, -0.1) is 0 Å². The second-order valence-electron chi connectivity index (χ2n) is 6.78. The van der Waals surface area contributed by atoms with Gasteiger partial charge < -0.3 is 9.64 Å². The number of allylic oxidation sites excluding steroid dienone is 2. The molecule has 0 amide bonds. The zero-order valence-corrected chi connectivity index (χ0v) is 15.4. The Morgan fingerprint density at radius 1 is 1.07 bits per heavy atom. The van der Waals surface area contributed by atoms with E-state index in [2.05, 4.69) is 17.1 Å². The number of hydrogen-bond acceptors (Lipinski definition) is 7. The van der Waals surface area contributed by atoms with E-state index in [1.54, 1.807) is 24.3 Å². The number of nitrogens with zero attached hydrogens (tertiary/aromatic N) is 6. The van der Waals surface area contributed by atoms with E-state index >= 15 is 0 Å². The van der Waals surface area contributed by atoms with Gasteiger partial charge in [-0.1, -0.05) is 29.8 Å². The van der Waals surface area contributed by atoms with Crippen LogP contribution in [-0.2, 0) is 4.74 Å². The number of benzene rings is 1. The van der Waals surface area contributed by atoms with E-state index in [1.165, 1.54) is 0 Å². The minimum absolute atomic E-state index is 0.0629. The summed E-state index contributed by atoms with van der Waals surface area (Å²) in [7, 11) is 0. The van der Waals surface area contributed by atoms with Crippen LogP contribution in [0, 0.1) is 56.2 Å². The van der Waals surface area contributed by atoms with Crippen molar-refractivity contribution in [3.63, 3.8) is 0 Å². The first-order chi connectivity index (χ1) is 13.6. The fraction of sp³-hybridized carbons (Fsp3) is 0.350. The lowest BCUT2D eigenvalue weighted by atomic mass is 9.91. The molecule has 0 bridgehead atoms. The number of morpholine rings is 1. The van der Waals surface area contributed by atoms with E-state index in [-0.39, 0.29) is 11.3 Å². The Morgan fingerprint density at radius 2 is 1.71 bits per heavy atom. The summed E-state index contributed by atoms with van der Waals surface area (Å²) in [6, 6.07) is 15.3. The van der Waals surface area contributed by atoms with Gasteiger partial charge in [-0.3, -0.25) is 0 Å². The second-order valence-corrected chi connectivity index (χ2v) is 7.18. The highest BCUT2D eigenvalue weighted by molar-refractivity contribution is 6.31. The van der Waals surface area contributed by atoms with Crippen LogP contribution in [-0.4, -0.2) is 37.0 Å². The molecule has 0 N–H and O–H groups in total. The summed E-state index contributed by atoms with van der Waals surface area (Å²) < 4.78 is 5.39. The predicted octanol–water partition coefficient (Wildman–Crippen LogP) is 2.50. The summed E-state index contributed by atoms with van der Waals surface area (Å²) in [5, 5.41) is 39.8. The number of nitriles is 4. The molecule has 7 nitrogen and oxygen atoms in total. The first-order valence-corrected chi connectivity index (χ1v) is 9.04. The van der Waals surface area contributed by atoms with E-state index in [9.17, 15) is 21.0 Å². The van der Waals surface area contributed by atoms with Crippen LogP contribution in [0.1, 0.15) is 11.5 Å². The highest BCUT2D eigenvalue weighted by atomic mass is 35.5. The Bertz CT molecular complexity index is 1080. The summed E-state index contributed by atoms with van der Waals surface area (Å²) in [6.45, 7) is 1.97. The average Bonchev–Trinajstić information content (AvgIpc) is 3.23. The van der Waals surface area contributed by atoms with Crippen LogP contribution in [0.25, 0.3) is 0 Å². The lowest BCUT2D eigenvalue weighted by Crippen LogP contribution is -2.44. The third kappa shape index (κ3) is 2.01. The topological polar surface area (TPSA) is 120 Å². The SMILES string of the molecule is N#CC(C#N)=C1N=C(N2CCOCC2)C2(C#N)C(c3ccccc3Cl)C12C#N. The van der Waals surface area contributed by atoms with Gasteiger partial charge in [0, 0.05) is 24.0 Å². The first kappa shape index (κ1) is 18.0. The Hall–Kier alpha value is -3.36. The maximum Gasteiger partial charge on any atom is 0.152 e. The minimum atomic E-state index is -1.42. The van der Waals surface area contributed by atoms with Gasteiger partial charge in [0.2, 0.25) is 0 Å². The fourth-order valence-corrected chi connectivity index (χ4v) is 4.69. The van der Waals surface area contributed by atoms with Gasteiger partial charge in [-0.25, -0.2) is 4.99 Å². The number of fused-ring (bicyclic) bond motifs is 1. The zero-order valence-electron chi connectivity index (χ0n) is 14.7. The van der Waals surface area contributed by atoms with Crippen molar-refractivity contribution in [2.24, 2.45) is 15.8 Å². The Balaban J connectivity index is 1.99. The van der Waals surface area contributed by atoms with Crippen LogP contribution in [0.4, 0.5) is 0 Å². The lowest BCUT2D eigenvalue weighted by Gasteiger charge is -2.31. The van der Waals surface area contributed by atoms with Crippen molar-refractivity contribution >= 4 is 17.4 Å². The Labute approximate surface area is 166 Å². The minimum Gasteiger partial charge on any atom is -0.378 e. The lowest BCUT2D eigenvalue weighted by molar-refractivity contribution is 0.0662. The molecule has 0 radical (unpaired) electrons. The van der Waals surface area contributed by atoms with Crippen molar-refractivity contribution in [3.8, 4) is 24.3 Å². The molecule has 4 rings (SSSR count). The van der Waals surface area contributed by atoms with Crippen molar-refractivity contribution in [2.45, 2.75) is 5.92 Å². The molecule has 136 valence electrons. The van der Waals surface area contributed by atoms with Gasteiger partial charge in [0.15, 0.2) is 5.57 Å². The number of aliphatic imine (C=N–C) groups is 1. The van der Waals surface area contributed by atoms with Crippen molar-refractivity contribution in [3.05, 3.63) is 46.1 Å². The van der Waals surface area contributed by atoms with Crippen molar-refractivity contribution in [2.75, 3.05) is 26.3 Å². The quantitative estimate of drug-likeness (QED) is 0.681. The number of ether oxygens (including phenoxy) is 1. The number of halogens is 1. The van der Waals surface area contributed by atoms with Crippen LogP contribution in [0.15, 0.2) is 40.5 Å². The summed E-state index contributed by atoms with van der Waals surface area (Å²) >= 11 is 6.40. The van der Waals surface area contributed by atoms with Gasteiger partial charge in [0.25, 0.3) is 0 Å². The van der Waals surface area contributed by atoms with E-state index in [0.29, 0.717) is 42.7 Å². The van der Waals surface area contributed by atoms with Gasteiger partial charge in [-0.05, 0) is 11.6 Å². The highest BCUT2D eigenvalue weighted by Crippen LogP contribution is 2.81. The number of hydrogen-bond donors (Lipinski definition) is 0. The molecule has 0 aromatic heterocycles. The van der Waals surface area contributed by atoms with Gasteiger partial charge in [-0.2, -0.15) is 21.0 Å². The van der Waals surface area contributed by atoms with Gasteiger partial charge >= 0.3 is 0 Å². The van der Waals surface area contributed by atoms with Crippen LogP contribution >= 0.6 is 11.6 Å². The maximum absolute atomic E-state index is 10.3. The molecule has 3 aliphatic rings. The second kappa shape index (κ2) is 6.36. The van der Waals surface area contributed by atoms with E-state index in [4.69, 9.17) is 16.3 Å². The summed E-state index contributed by atoms with van der Waals surface area (Å²) in [4.78, 5) is 6.42. The molecule has 3 atom stereocenters. The fourth-order valence-electron chi connectivity index (χ4n) is 4.45. The van der Waals surface area contributed by atoms with Gasteiger partial charge in [0.05, 0.1) is 31.0 Å². The molecule has 1 saturated heterocycles. The normalized spacial score (nSPS) is 30.2. The first-order valence-electron chi connectivity index (χ1n) is 8.66. The predicted molar refractivity (Wildman–Crippen MR) is 98.4 cm³/mol. The molecular weight excluding hydrogens is 376 g/mol. The monoisotopic (exact) mass is 388 g/mol. The Morgan fingerprint density at radius 3 is 2.29 bits per heavy atom. The van der Waals surface area contributed by atoms with Crippen LogP contribution in [0.2, 0.25) is 5.02 Å². The van der Waals surface area contributed by atoms with Crippen LogP contribution in [0.3, 0.4) is 0 Å². The molecule has 1 aromatic rings. The standard InChI is InChI=1S/C20H13ClN6O/c21-15-4-2-1-3-14(15)16-19(11-24)17(13(9-22)10-23)26-18(20(16,19)12-25)27-5-7-28-8-6-27/h1-4,16H,5-8H2. The van der Waals surface area contributed by atoms with Crippen LogP contribution < -0.4 is 0 Å². The largest absolute Gasteiger partial charge is 0.378 e. The number of amidine groups is 1. The van der Waals surface area contributed by atoms with Gasteiger partial charge in [0.1, 0.15) is 28.8 Å². The molecule has 28 heavy (non-hydrogen) atoms. The third-order valence-electron chi connectivity index (χ3n) is 5.69. The maximum atomic E-state index is 10.3. The smallest absolute Gasteiger partial charge is 0.152 e. The Kier molecular flexibility index (Phi) is 4.10. The zero-order chi connectivity index (χ0) is 19.9. The molecule has 3 unspecified atom stereocenters. The van der Waals surface area contributed by atoms with E-state index in [0.717, 1.165) is 0 Å². The van der Waals surface area contributed by atoms with Crippen LogP contribution in [0.5, 0.6) is 0 Å². The van der Waals surface area contributed by atoms with Crippen molar-refractivity contribution in [1.29, 1.82) is 21.0 Å². The molecule has 2 aliphatic heterocycles. The summed E-state index contributed by atoms with van der Waals surface area (Å²) in [5.41, 5.74) is -2.26.